The van der Waals surface area contributed by atoms with Gasteiger partial charge in [0, 0.05) is 19.6 Å². The van der Waals surface area contributed by atoms with Crippen molar-refractivity contribution >= 4 is 0 Å². The van der Waals surface area contributed by atoms with Crippen molar-refractivity contribution in [3.63, 3.8) is 0 Å². The van der Waals surface area contributed by atoms with Crippen molar-refractivity contribution in [3.05, 3.63) is 71.3 Å². The first-order chi connectivity index (χ1) is 11.2. The molecule has 0 spiro atoms. The van der Waals surface area contributed by atoms with E-state index in [1.165, 1.54) is 24.0 Å². The highest BCUT2D eigenvalue weighted by atomic mass is 16.3. The number of hydrogen-bond acceptors (Lipinski definition) is 2. The molecule has 2 heteroatoms. The Labute approximate surface area is 138 Å². The molecule has 2 aliphatic rings. The van der Waals surface area contributed by atoms with Crippen LogP contribution >= 0.6 is 0 Å². The standard InChI is InChI=1S/C21H25NO/c23-21(20-10-8-19(9-11-20)18-6-7-18)12-14-22(15-13-21)16-17-4-2-1-3-5-17/h1-5,8-11,18,23H,6-7,12-16H2. The number of hydrogen-bond donors (Lipinski definition) is 1. The van der Waals surface area contributed by atoms with Gasteiger partial charge in [-0.2, -0.15) is 0 Å². The number of rotatable bonds is 4. The normalized spacial score (nSPS) is 21.3. The van der Waals surface area contributed by atoms with Crippen molar-refractivity contribution in [2.24, 2.45) is 0 Å². The van der Waals surface area contributed by atoms with E-state index in [-0.39, 0.29) is 0 Å². The molecular weight excluding hydrogens is 282 g/mol. The van der Waals surface area contributed by atoms with Gasteiger partial charge >= 0.3 is 0 Å². The largest absolute Gasteiger partial charge is 0.385 e. The molecule has 1 saturated heterocycles. The number of aliphatic hydroxyl groups is 1. The predicted octanol–water partition coefficient (Wildman–Crippen LogP) is 4.05. The fourth-order valence-corrected chi connectivity index (χ4v) is 3.69. The van der Waals surface area contributed by atoms with E-state index in [9.17, 15) is 5.11 Å². The van der Waals surface area contributed by atoms with Crippen LogP contribution < -0.4 is 0 Å². The molecule has 1 N–H and O–H groups in total. The Morgan fingerprint density at radius 1 is 0.913 bits per heavy atom. The van der Waals surface area contributed by atoms with E-state index in [4.69, 9.17) is 0 Å². The summed E-state index contributed by atoms with van der Waals surface area (Å²) < 4.78 is 0. The molecule has 2 fully saturated rings. The highest BCUT2D eigenvalue weighted by Crippen LogP contribution is 2.41. The Balaban J connectivity index is 1.39. The average molecular weight is 307 g/mol. The van der Waals surface area contributed by atoms with Crippen molar-refractivity contribution in [1.82, 2.24) is 4.90 Å². The fraction of sp³-hybridized carbons (Fsp3) is 0.429. The van der Waals surface area contributed by atoms with E-state index >= 15 is 0 Å². The van der Waals surface area contributed by atoms with Gasteiger partial charge in [0.05, 0.1) is 5.60 Å². The Morgan fingerprint density at radius 3 is 2.17 bits per heavy atom. The molecule has 0 unspecified atom stereocenters. The Kier molecular flexibility index (Phi) is 3.96. The van der Waals surface area contributed by atoms with Crippen LogP contribution in [0.25, 0.3) is 0 Å². The van der Waals surface area contributed by atoms with Gasteiger partial charge in [-0.05, 0) is 48.3 Å². The summed E-state index contributed by atoms with van der Waals surface area (Å²) in [6, 6.07) is 19.4. The molecule has 2 nitrogen and oxygen atoms in total. The lowest BCUT2D eigenvalue weighted by atomic mass is 9.84. The highest BCUT2D eigenvalue weighted by Gasteiger charge is 2.34. The first-order valence-electron chi connectivity index (χ1n) is 8.82. The average Bonchev–Trinajstić information content (AvgIpc) is 3.43. The van der Waals surface area contributed by atoms with Gasteiger partial charge in [-0.1, -0.05) is 54.6 Å². The van der Waals surface area contributed by atoms with Crippen LogP contribution in [0.3, 0.4) is 0 Å². The summed E-state index contributed by atoms with van der Waals surface area (Å²) in [6.45, 7) is 2.89. The van der Waals surface area contributed by atoms with E-state index in [0.717, 1.165) is 44.0 Å². The van der Waals surface area contributed by atoms with Crippen LogP contribution in [-0.2, 0) is 12.1 Å². The van der Waals surface area contributed by atoms with E-state index in [1.54, 1.807) is 0 Å². The molecule has 4 rings (SSSR count). The van der Waals surface area contributed by atoms with Crippen molar-refractivity contribution < 1.29 is 5.11 Å². The molecule has 0 bridgehead atoms. The molecule has 1 aliphatic heterocycles. The van der Waals surface area contributed by atoms with Crippen LogP contribution in [0.2, 0.25) is 0 Å². The van der Waals surface area contributed by atoms with Gasteiger partial charge in [-0.25, -0.2) is 0 Å². The Bertz CT molecular complexity index is 637. The Morgan fingerprint density at radius 2 is 1.57 bits per heavy atom. The molecule has 1 saturated carbocycles. The van der Waals surface area contributed by atoms with Gasteiger partial charge in [0.15, 0.2) is 0 Å². The molecule has 2 aromatic carbocycles. The maximum Gasteiger partial charge on any atom is 0.0920 e. The number of piperidine rings is 1. The van der Waals surface area contributed by atoms with Crippen LogP contribution in [0.15, 0.2) is 54.6 Å². The van der Waals surface area contributed by atoms with Crippen LogP contribution in [0.4, 0.5) is 0 Å². The maximum absolute atomic E-state index is 11.0. The number of benzene rings is 2. The second kappa shape index (κ2) is 6.10. The quantitative estimate of drug-likeness (QED) is 0.921. The third-order valence-corrected chi connectivity index (χ3v) is 5.43. The smallest absolute Gasteiger partial charge is 0.0920 e. The summed E-state index contributed by atoms with van der Waals surface area (Å²) in [7, 11) is 0. The lowest BCUT2D eigenvalue weighted by Crippen LogP contribution is -2.42. The van der Waals surface area contributed by atoms with E-state index in [2.05, 4.69) is 59.5 Å². The van der Waals surface area contributed by atoms with Gasteiger partial charge in [0.1, 0.15) is 0 Å². The lowest BCUT2D eigenvalue weighted by molar-refractivity contribution is -0.0277. The predicted molar refractivity (Wildman–Crippen MR) is 93.3 cm³/mol. The van der Waals surface area contributed by atoms with Crippen molar-refractivity contribution in [3.8, 4) is 0 Å². The zero-order valence-electron chi connectivity index (χ0n) is 13.6. The van der Waals surface area contributed by atoms with Gasteiger partial charge in [-0.3, -0.25) is 4.90 Å². The zero-order valence-corrected chi connectivity index (χ0v) is 13.6. The Hall–Kier alpha value is -1.64. The molecule has 120 valence electrons. The molecule has 0 aromatic heterocycles. The molecule has 1 aliphatic carbocycles. The minimum atomic E-state index is -0.644. The van der Waals surface area contributed by atoms with Crippen molar-refractivity contribution in [1.29, 1.82) is 0 Å². The van der Waals surface area contributed by atoms with Crippen LogP contribution in [0.5, 0.6) is 0 Å². The lowest BCUT2D eigenvalue weighted by Gasteiger charge is -2.38. The molecule has 0 atom stereocenters. The third-order valence-electron chi connectivity index (χ3n) is 5.43. The van der Waals surface area contributed by atoms with E-state index < -0.39 is 5.60 Å². The summed E-state index contributed by atoms with van der Waals surface area (Å²) >= 11 is 0. The van der Waals surface area contributed by atoms with Gasteiger partial charge in [0.2, 0.25) is 0 Å². The molecule has 23 heavy (non-hydrogen) atoms. The second-order valence-corrected chi connectivity index (χ2v) is 7.19. The minimum absolute atomic E-state index is 0.644. The van der Waals surface area contributed by atoms with Gasteiger partial charge in [-0.15, -0.1) is 0 Å². The van der Waals surface area contributed by atoms with Crippen LogP contribution in [-0.4, -0.2) is 23.1 Å². The summed E-state index contributed by atoms with van der Waals surface area (Å²) in [5.41, 5.74) is 3.25. The monoisotopic (exact) mass is 307 g/mol. The molecule has 1 heterocycles. The third kappa shape index (κ3) is 3.34. The summed E-state index contributed by atoms with van der Waals surface area (Å²) in [5.74, 6) is 0.784. The maximum atomic E-state index is 11.0. The number of nitrogens with zero attached hydrogens (tertiary/aromatic N) is 1. The molecule has 0 amide bonds. The SMILES string of the molecule is OC1(c2ccc(C3CC3)cc2)CCN(Cc2ccccc2)CC1. The highest BCUT2D eigenvalue weighted by molar-refractivity contribution is 5.31. The first kappa shape index (κ1) is 14.9. The van der Waals surface area contributed by atoms with Gasteiger partial charge < -0.3 is 5.11 Å². The first-order valence-corrected chi connectivity index (χ1v) is 8.82. The summed E-state index contributed by atoms with van der Waals surface area (Å²) in [6.07, 6.45) is 4.31. The number of likely N-dealkylation sites (tertiary alicyclic amines) is 1. The van der Waals surface area contributed by atoms with Crippen molar-refractivity contribution in [2.75, 3.05) is 13.1 Å². The minimum Gasteiger partial charge on any atom is -0.385 e. The second-order valence-electron chi connectivity index (χ2n) is 7.19. The topological polar surface area (TPSA) is 23.5 Å². The van der Waals surface area contributed by atoms with E-state index in [0.29, 0.717) is 0 Å². The fourth-order valence-electron chi connectivity index (χ4n) is 3.69. The summed E-state index contributed by atoms with van der Waals surface area (Å²) in [4.78, 5) is 2.45. The van der Waals surface area contributed by atoms with Crippen LogP contribution in [0.1, 0.15) is 48.3 Å². The van der Waals surface area contributed by atoms with Gasteiger partial charge in [0.25, 0.3) is 0 Å². The van der Waals surface area contributed by atoms with Crippen LogP contribution in [0, 0.1) is 0 Å². The van der Waals surface area contributed by atoms with E-state index in [1.807, 2.05) is 0 Å². The molecule has 2 aromatic rings. The van der Waals surface area contributed by atoms with Crippen molar-refractivity contribution in [2.45, 2.75) is 43.7 Å². The molecule has 0 radical (unpaired) electrons. The molecular formula is C21H25NO. The zero-order chi connectivity index (χ0) is 15.7. The summed E-state index contributed by atoms with van der Waals surface area (Å²) in [5, 5.41) is 11.0.